The van der Waals surface area contributed by atoms with Gasteiger partial charge in [0, 0.05) is 42.7 Å². The second-order valence-corrected chi connectivity index (χ2v) is 7.98. The van der Waals surface area contributed by atoms with Crippen LogP contribution in [-0.4, -0.2) is 49.7 Å². The highest BCUT2D eigenvalue weighted by molar-refractivity contribution is 5.95. The maximum Gasteiger partial charge on any atom is 0.251 e. The molecule has 30 heavy (non-hydrogen) atoms. The molecular weight excluding hydrogens is 390 g/mol. The van der Waals surface area contributed by atoms with Gasteiger partial charge in [-0.3, -0.25) is 9.69 Å². The number of hydrogen-bond acceptors (Lipinski definition) is 4. The Balaban J connectivity index is 1.64. The summed E-state index contributed by atoms with van der Waals surface area (Å²) in [7, 11) is 1.42. The minimum Gasteiger partial charge on any atom is -0.456 e. The molecule has 2 bridgehead atoms. The van der Waals surface area contributed by atoms with Gasteiger partial charge in [-0.15, -0.1) is 0 Å². The van der Waals surface area contributed by atoms with Crippen LogP contribution in [0, 0.1) is 18.6 Å². The zero-order chi connectivity index (χ0) is 21.0. The highest BCUT2D eigenvalue weighted by atomic mass is 19.1. The molecule has 2 fully saturated rings. The van der Waals surface area contributed by atoms with Crippen LogP contribution in [0.4, 0.5) is 8.78 Å². The second kappa shape index (κ2) is 7.18. The molecule has 1 amide bonds. The molecule has 2 saturated heterocycles. The number of benzene rings is 2. The number of nitrogens with one attached hydrogen (secondary N) is 1. The van der Waals surface area contributed by atoms with E-state index in [1.54, 1.807) is 0 Å². The lowest BCUT2D eigenvalue weighted by molar-refractivity contribution is -0.159. The van der Waals surface area contributed by atoms with E-state index >= 15 is 8.78 Å². The number of furan rings is 1. The summed E-state index contributed by atoms with van der Waals surface area (Å²) < 4.78 is 41.9. The summed E-state index contributed by atoms with van der Waals surface area (Å²) in [5.74, 6) is -2.01. The van der Waals surface area contributed by atoms with E-state index in [1.807, 2.05) is 25.1 Å². The summed E-state index contributed by atoms with van der Waals surface area (Å²) >= 11 is 0. The Kier molecular flexibility index (Phi) is 4.60. The molecule has 1 aromatic heterocycles. The van der Waals surface area contributed by atoms with Gasteiger partial charge in [0.2, 0.25) is 0 Å². The van der Waals surface area contributed by atoms with Crippen molar-refractivity contribution in [2.75, 3.05) is 26.7 Å². The van der Waals surface area contributed by atoms with Gasteiger partial charge in [0.1, 0.15) is 23.0 Å². The smallest absolute Gasteiger partial charge is 0.251 e. The predicted molar refractivity (Wildman–Crippen MR) is 108 cm³/mol. The number of aryl methyl sites for hydroxylation is 1. The van der Waals surface area contributed by atoms with Gasteiger partial charge in [-0.2, -0.15) is 0 Å². The molecule has 5 nitrogen and oxygen atoms in total. The standard InChI is InChI=1S/C23H22F2N2O3/c1-12-3-4-14-15(10-18-20-11-27(18)5-6-29-20)22(30-19(14)7-12)21-16(24)8-13(9-17(21)25)23(28)26-2/h3-4,7-9,18,20H,5-6,10-11H2,1-2H3,(H,26,28)/t18-,20-/m0/s1. The van der Waals surface area contributed by atoms with Crippen LogP contribution in [0.3, 0.4) is 0 Å². The van der Waals surface area contributed by atoms with Crippen molar-refractivity contribution in [1.29, 1.82) is 0 Å². The zero-order valence-electron chi connectivity index (χ0n) is 16.8. The van der Waals surface area contributed by atoms with Crippen molar-refractivity contribution in [2.24, 2.45) is 0 Å². The topological polar surface area (TPSA) is 54.7 Å². The molecule has 3 aromatic rings. The fraction of sp³-hybridized carbons (Fsp3) is 0.348. The Morgan fingerprint density at radius 3 is 2.63 bits per heavy atom. The van der Waals surface area contributed by atoms with Crippen molar-refractivity contribution in [3.63, 3.8) is 0 Å². The van der Waals surface area contributed by atoms with Gasteiger partial charge in [0.25, 0.3) is 5.91 Å². The van der Waals surface area contributed by atoms with Gasteiger partial charge >= 0.3 is 0 Å². The van der Waals surface area contributed by atoms with Gasteiger partial charge in [0.15, 0.2) is 0 Å². The van der Waals surface area contributed by atoms with Crippen LogP contribution in [-0.2, 0) is 11.2 Å². The summed E-state index contributed by atoms with van der Waals surface area (Å²) in [6.07, 6.45) is 0.707. The van der Waals surface area contributed by atoms with Gasteiger partial charge in [-0.05, 0) is 37.1 Å². The minimum atomic E-state index is -0.823. The molecule has 7 heteroatoms. The molecule has 3 atom stereocenters. The number of halogens is 2. The molecule has 0 spiro atoms. The van der Waals surface area contributed by atoms with E-state index in [2.05, 4.69) is 10.2 Å². The highest BCUT2D eigenvalue weighted by Gasteiger charge is 2.43. The van der Waals surface area contributed by atoms with Crippen molar-refractivity contribution in [1.82, 2.24) is 10.2 Å². The first kappa shape index (κ1) is 19.2. The minimum absolute atomic E-state index is 0.0715. The molecule has 0 radical (unpaired) electrons. The molecule has 2 aromatic carbocycles. The van der Waals surface area contributed by atoms with E-state index < -0.39 is 17.5 Å². The van der Waals surface area contributed by atoms with Crippen molar-refractivity contribution < 1.29 is 22.7 Å². The Morgan fingerprint density at radius 2 is 2.00 bits per heavy atom. The molecule has 0 saturated carbocycles. The fourth-order valence-corrected chi connectivity index (χ4v) is 4.52. The number of amides is 1. The molecule has 156 valence electrons. The SMILES string of the molecule is CNC(=O)c1cc(F)c(-c2oc3cc(C)ccc3c2C[C@H]2[C@@H]3CN2CCO3)c(F)c1. The van der Waals surface area contributed by atoms with Crippen LogP contribution < -0.4 is 5.32 Å². The summed E-state index contributed by atoms with van der Waals surface area (Å²) in [6.45, 7) is 4.40. The van der Waals surface area contributed by atoms with Gasteiger partial charge in [-0.1, -0.05) is 12.1 Å². The molecule has 1 unspecified atom stereocenters. The molecule has 1 N–H and O–H groups in total. The van der Waals surface area contributed by atoms with Crippen molar-refractivity contribution in [3.8, 4) is 11.3 Å². The number of carbonyl (C=O) groups excluding carboxylic acids is 1. The van der Waals surface area contributed by atoms with Crippen LogP contribution in [0.15, 0.2) is 34.7 Å². The van der Waals surface area contributed by atoms with Gasteiger partial charge in [-0.25, -0.2) is 8.78 Å². The normalized spacial score (nSPS) is 22.7. The average molecular weight is 412 g/mol. The zero-order valence-corrected chi connectivity index (χ0v) is 16.8. The van der Waals surface area contributed by atoms with Crippen LogP contribution in [0.25, 0.3) is 22.3 Å². The van der Waals surface area contributed by atoms with Gasteiger partial charge < -0.3 is 14.5 Å². The van der Waals surface area contributed by atoms with Crippen LogP contribution in [0.1, 0.15) is 21.5 Å². The Bertz CT molecular complexity index is 1120. The van der Waals surface area contributed by atoms with Crippen molar-refractivity contribution in [3.05, 3.63) is 58.7 Å². The quantitative estimate of drug-likeness (QED) is 0.711. The third-order valence-corrected chi connectivity index (χ3v) is 6.14. The monoisotopic (exact) mass is 412 g/mol. The Morgan fingerprint density at radius 1 is 1.23 bits per heavy atom. The van der Waals surface area contributed by atoms with Crippen molar-refractivity contribution >= 4 is 16.9 Å². The second-order valence-electron chi connectivity index (χ2n) is 7.98. The first-order valence-electron chi connectivity index (χ1n) is 10.1. The third kappa shape index (κ3) is 3.00. The van der Waals surface area contributed by atoms with Crippen LogP contribution >= 0.6 is 0 Å². The number of rotatable bonds is 4. The van der Waals surface area contributed by atoms with E-state index in [4.69, 9.17) is 9.15 Å². The number of fused-ring (bicyclic) bond motifs is 3. The van der Waals surface area contributed by atoms with Crippen LogP contribution in [0.2, 0.25) is 0 Å². The lowest BCUT2D eigenvalue weighted by Crippen LogP contribution is -2.66. The Hall–Kier alpha value is -2.77. The molecule has 3 heterocycles. The maximum absolute atomic E-state index is 15.0. The van der Waals surface area contributed by atoms with Crippen LogP contribution in [0.5, 0.6) is 0 Å². The predicted octanol–water partition coefficient (Wildman–Crippen LogP) is 3.67. The molecule has 2 aliphatic heterocycles. The maximum atomic E-state index is 15.0. The number of carbonyl (C=O) groups is 1. The van der Waals surface area contributed by atoms with E-state index in [9.17, 15) is 4.79 Å². The summed E-state index contributed by atoms with van der Waals surface area (Å²) in [6, 6.07) is 8.02. The lowest BCUT2D eigenvalue weighted by Gasteiger charge is -2.52. The largest absolute Gasteiger partial charge is 0.456 e. The van der Waals surface area contributed by atoms with E-state index in [1.165, 1.54) is 7.05 Å². The first-order chi connectivity index (χ1) is 14.5. The summed E-state index contributed by atoms with van der Waals surface area (Å²) in [5, 5.41) is 3.23. The van der Waals surface area contributed by atoms with E-state index in [-0.39, 0.29) is 29.0 Å². The highest BCUT2D eigenvalue weighted by Crippen LogP contribution is 2.40. The Labute approximate surface area is 172 Å². The van der Waals surface area contributed by atoms with E-state index in [0.29, 0.717) is 18.6 Å². The summed E-state index contributed by atoms with van der Waals surface area (Å²) in [4.78, 5) is 14.2. The number of hydrogen-bond donors (Lipinski definition) is 1. The number of ether oxygens (including phenoxy) is 1. The lowest BCUT2D eigenvalue weighted by atomic mass is 9.88. The van der Waals surface area contributed by atoms with E-state index in [0.717, 1.165) is 41.7 Å². The number of morpholine rings is 2. The fourth-order valence-electron chi connectivity index (χ4n) is 4.52. The first-order valence-corrected chi connectivity index (χ1v) is 10.1. The van der Waals surface area contributed by atoms with Gasteiger partial charge in [0.05, 0.1) is 18.3 Å². The molecule has 5 rings (SSSR count). The average Bonchev–Trinajstić information content (AvgIpc) is 3.08. The van der Waals surface area contributed by atoms with Crippen molar-refractivity contribution in [2.45, 2.75) is 25.5 Å². The summed E-state index contributed by atoms with van der Waals surface area (Å²) in [5.41, 5.74) is 2.04. The molecular formula is C23H22F2N2O3. The molecule has 2 aliphatic rings. The molecule has 0 aliphatic carbocycles. The third-order valence-electron chi connectivity index (χ3n) is 6.14. The number of nitrogens with zero attached hydrogens (tertiary/aromatic N) is 1.